The maximum Gasteiger partial charge on any atom is 0.214 e. The third-order valence-corrected chi connectivity index (χ3v) is 2.68. The lowest BCUT2D eigenvalue weighted by molar-refractivity contribution is 0.0628. The number of nitrogens with zero attached hydrogens (tertiary/aromatic N) is 2. The average molecular weight is 188 g/mol. The zero-order valence-corrected chi connectivity index (χ0v) is 7.33. The van der Waals surface area contributed by atoms with Crippen molar-refractivity contribution in [3.63, 3.8) is 0 Å². The Labute approximate surface area is 81.0 Å². The zero-order valence-electron chi connectivity index (χ0n) is 7.33. The molecule has 0 spiro atoms. The number of hydrogen-bond donors (Lipinski definition) is 0. The van der Waals surface area contributed by atoms with Gasteiger partial charge in [0.25, 0.3) is 0 Å². The molecule has 0 aromatic heterocycles. The van der Waals surface area contributed by atoms with Gasteiger partial charge < -0.3 is 9.47 Å². The van der Waals surface area contributed by atoms with Crippen LogP contribution in [0, 0.1) is 0 Å². The summed E-state index contributed by atoms with van der Waals surface area (Å²) in [5.74, 6) is 1.72. The van der Waals surface area contributed by atoms with Crippen molar-refractivity contribution in [1.29, 1.82) is 0 Å². The van der Waals surface area contributed by atoms with Gasteiger partial charge in [-0.2, -0.15) is 0 Å². The SMILES string of the molecule is C1=C[C@@H]2OC3=CC=C[C@@H]4OC(=C1)N2N34. The van der Waals surface area contributed by atoms with Gasteiger partial charge in [0.05, 0.1) is 0 Å². The minimum atomic E-state index is -0.0360. The molecule has 0 saturated carbocycles. The second-order valence-corrected chi connectivity index (χ2v) is 3.49. The quantitative estimate of drug-likeness (QED) is 0.567. The molecule has 0 aliphatic carbocycles. The van der Waals surface area contributed by atoms with E-state index in [0.29, 0.717) is 0 Å². The van der Waals surface area contributed by atoms with Gasteiger partial charge in [-0.25, -0.2) is 10.0 Å². The molecule has 2 saturated heterocycles. The third-order valence-electron chi connectivity index (χ3n) is 2.68. The summed E-state index contributed by atoms with van der Waals surface area (Å²) in [6, 6.07) is 0. The number of hydrogen-bond acceptors (Lipinski definition) is 4. The predicted octanol–water partition coefficient (Wildman–Crippen LogP) is 1.04. The molecule has 4 aliphatic rings. The van der Waals surface area contributed by atoms with E-state index in [0.717, 1.165) is 11.8 Å². The second-order valence-electron chi connectivity index (χ2n) is 3.49. The first-order chi connectivity index (χ1) is 6.93. The van der Waals surface area contributed by atoms with Crippen LogP contribution in [0.4, 0.5) is 0 Å². The highest BCUT2D eigenvalue weighted by Gasteiger charge is 2.49. The molecule has 4 aliphatic heterocycles. The molecule has 2 atom stereocenters. The zero-order chi connectivity index (χ0) is 9.12. The summed E-state index contributed by atoms with van der Waals surface area (Å²) in [4.78, 5) is 0. The van der Waals surface area contributed by atoms with Gasteiger partial charge in [0.1, 0.15) is 0 Å². The molecule has 0 aromatic rings. The van der Waals surface area contributed by atoms with Crippen LogP contribution in [0.2, 0.25) is 0 Å². The van der Waals surface area contributed by atoms with Gasteiger partial charge in [0.2, 0.25) is 24.2 Å². The van der Waals surface area contributed by atoms with Crippen molar-refractivity contribution in [3.8, 4) is 0 Å². The summed E-state index contributed by atoms with van der Waals surface area (Å²) in [6.07, 6.45) is 11.8. The molecule has 70 valence electrons. The maximum atomic E-state index is 5.72. The topological polar surface area (TPSA) is 24.9 Å². The first-order valence-corrected chi connectivity index (χ1v) is 4.62. The molecule has 0 radical (unpaired) electrons. The Morgan fingerprint density at radius 3 is 1.86 bits per heavy atom. The molecule has 2 fully saturated rings. The number of allylic oxidation sites excluding steroid dienone is 4. The number of ether oxygens (including phenoxy) is 2. The lowest BCUT2D eigenvalue weighted by Gasteiger charge is -2.23. The van der Waals surface area contributed by atoms with E-state index < -0.39 is 0 Å². The van der Waals surface area contributed by atoms with Gasteiger partial charge in [-0.15, -0.1) is 0 Å². The molecule has 0 N–H and O–H groups in total. The first-order valence-electron chi connectivity index (χ1n) is 4.62. The Bertz CT molecular complexity index is 382. The molecule has 4 nitrogen and oxygen atoms in total. The molecule has 0 unspecified atom stereocenters. The van der Waals surface area contributed by atoms with E-state index in [-0.39, 0.29) is 12.5 Å². The highest BCUT2D eigenvalue weighted by atomic mass is 16.6. The fraction of sp³-hybridized carbons (Fsp3) is 0.200. The molecule has 0 aromatic carbocycles. The van der Waals surface area contributed by atoms with Gasteiger partial charge in [0.15, 0.2) is 0 Å². The number of rotatable bonds is 0. The Hall–Kier alpha value is -1.84. The van der Waals surface area contributed by atoms with E-state index in [1.54, 1.807) is 0 Å². The van der Waals surface area contributed by atoms with Crippen LogP contribution in [-0.4, -0.2) is 22.5 Å². The Kier molecular flexibility index (Phi) is 0.929. The van der Waals surface area contributed by atoms with Gasteiger partial charge in [0, 0.05) is 0 Å². The highest BCUT2D eigenvalue weighted by molar-refractivity contribution is 5.27. The van der Waals surface area contributed by atoms with Crippen LogP contribution in [0.25, 0.3) is 0 Å². The first kappa shape index (κ1) is 6.59. The summed E-state index contributed by atoms with van der Waals surface area (Å²) in [6.45, 7) is 0. The largest absolute Gasteiger partial charge is 0.448 e. The standard InChI is InChI=1S/C10H8N2O2/c1-3-7-11-8(4-1)14-10-6-2-5-9(13-7)12(10)11/h1-7,10H/t7-,10-/m0/s1. The van der Waals surface area contributed by atoms with Crippen LogP contribution in [-0.2, 0) is 9.47 Å². The minimum absolute atomic E-state index is 0.0360. The van der Waals surface area contributed by atoms with Crippen LogP contribution in [0.5, 0.6) is 0 Å². The molecular weight excluding hydrogens is 180 g/mol. The van der Waals surface area contributed by atoms with Crippen LogP contribution >= 0.6 is 0 Å². The van der Waals surface area contributed by atoms with Gasteiger partial charge >= 0.3 is 0 Å². The van der Waals surface area contributed by atoms with Crippen LogP contribution in [0.1, 0.15) is 0 Å². The Balaban J connectivity index is 1.92. The third kappa shape index (κ3) is 0.585. The predicted molar refractivity (Wildman–Crippen MR) is 47.9 cm³/mol. The van der Waals surface area contributed by atoms with Crippen molar-refractivity contribution >= 4 is 0 Å². The van der Waals surface area contributed by atoms with Crippen molar-refractivity contribution in [1.82, 2.24) is 10.0 Å². The summed E-state index contributed by atoms with van der Waals surface area (Å²) in [5, 5.41) is 4.06. The summed E-state index contributed by atoms with van der Waals surface area (Å²) >= 11 is 0. The smallest absolute Gasteiger partial charge is 0.214 e. The molecular formula is C10H8N2O2. The van der Waals surface area contributed by atoms with E-state index in [9.17, 15) is 0 Å². The average Bonchev–Trinajstić information content (AvgIpc) is 2.74. The van der Waals surface area contributed by atoms with Crippen LogP contribution in [0.3, 0.4) is 0 Å². The summed E-state index contributed by atoms with van der Waals surface area (Å²) in [7, 11) is 0. The fourth-order valence-corrected chi connectivity index (χ4v) is 2.10. The van der Waals surface area contributed by atoms with Crippen molar-refractivity contribution in [2.24, 2.45) is 0 Å². The van der Waals surface area contributed by atoms with Crippen LogP contribution < -0.4 is 0 Å². The fourth-order valence-electron chi connectivity index (χ4n) is 2.10. The molecule has 4 heterocycles. The Morgan fingerprint density at radius 2 is 1.36 bits per heavy atom. The highest BCUT2D eigenvalue weighted by Crippen LogP contribution is 2.41. The molecule has 0 bridgehead atoms. The molecule has 0 amide bonds. The summed E-state index contributed by atoms with van der Waals surface area (Å²) in [5.41, 5.74) is 0. The van der Waals surface area contributed by atoms with Gasteiger partial charge in [-0.05, 0) is 24.3 Å². The Morgan fingerprint density at radius 1 is 0.857 bits per heavy atom. The van der Waals surface area contributed by atoms with E-state index in [4.69, 9.17) is 9.47 Å². The monoisotopic (exact) mass is 188 g/mol. The van der Waals surface area contributed by atoms with E-state index in [1.165, 1.54) is 0 Å². The summed E-state index contributed by atoms with van der Waals surface area (Å²) < 4.78 is 11.4. The molecule has 14 heavy (non-hydrogen) atoms. The van der Waals surface area contributed by atoms with Gasteiger partial charge in [-0.3, -0.25) is 0 Å². The van der Waals surface area contributed by atoms with Crippen LogP contribution in [0.15, 0.2) is 48.2 Å². The van der Waals surface area contributed by atoms with E-state index >= 15 is 0 Å². The van der Waals surface area contributed by atoms with Crippen molar-refractivity contribution in [2.75, 3.05) is 0 Å². The molecule has 4 heteroatoms. The maximum absolute atomic E-state index is 5.72. The second kappa shape index (κ2) is 1.97. The van der Waals surface area contributed by atoms with E-state index in [2.05, 4.69) is 0 Å². The lowest BCUT2D eigenvalue weighted by atomic mass is 10.3. The minimum Gasteiger partial charge on any atom is -0.448 e. The van der Waals surface area contributed by atoms with E-state index in [1.807, 2.05) is 46.5 Å². The number of hydrazine groups is 1. The normalized spacial score (nSPS) is 34.9. The lowest BCUT2D eigenvalue weighted by Crippen LogP contribution is -2.37. The van der Waals surface area contributed by atoms with Crippen molar-refractivity contribution in [2.45, 2.75) is 12.5 Å². The van der Waals surface area contributed by atoms with Crippen molar-refractivity contribution in [3.05, 3.63) is 48.2 Å². The van der Waals surface area contributed by atoms with Crippen molar-refractivity contribution < 1.29 is 9.47 Å². The van der Waals surface area contributed by atoms with Gasteiger partial charge in [-0.1, -0.05) is 12.2 Å². The molecule has 4 rings (SSSR count).